The monoisotopic (exact) mass is 244 g/mol. The molecule has 1 fully saturated rings. The van der Waals surface area contributed by atoms with Gasteiger partial charge < -0.3 is 10.6 Å². The second kappa shape index (κ2) is 4.61. The van der Waals surface area contributed by atoms with Crippen LogP contribution in [0.5, 0.6) is 0 Å². The van der Waals surface area contributed by atoms with Crippen LogP contribution in [-0.2, 0) is 0 Å². The van der Waals surface area contributed by atoms with Gasteiger partial charge in [0.2, 0.25) is 0 Å². The maximum atomic E-state index is 5.73. The fraction of sp³-hybridized carbons (Fsp3) is 0.500. The molecule has 0 spiro atoms. The second-order valence-corrected chi connectivity index (χ2v) is 5.27. The Morgan fingerprint density at radius 2 is 2.06 bits per heavy atom. The molecule has 0 aliphatic carbocycles. The minimum absolute atomic E-state index is 0.379. The summed E-state index contributed by atoms with van der Waals surface area (Å²) in [5, 5.41) is 0. The molecule has 0 amide bonds. The highest BCUT2D eigenvalue weighted by Gasteiger charge is 2.32. The van der Waals surface area contributed by atoms with Crippen molar-refractivity contribution in [2.45, 2.75) is 12.6 Å². The Labute approximate surface area is 108 Å². The number of anilines is 2. The molecule has 18 heavy (non-hydrogen) atoms. The summed E-state index contributed by atoms with van der Waals surface area (Å²) in [5.41, 5.74) is 7.83. The van der Waals surface area contributed by atoms with Crippen molar-refractivity contribution in [1.82, 2.24) is 4.90 Å². The van der Waals surface area contributed by atoms with E-state index >= 15 is 0 Å². The molecule has 96 valence electrons. The summed E-state index contributed by atoms with van der Waals surface area (Å²) in [6.45, 7) is 3.20. The Hall–Kier alpha value is -1.55. The molecule has 2 aliphatic heterocycles. The summed E-state index contributed by atoms with van der Waals surface area (Å²) in [5.74, 6) is 0.645. The SMILES string of the molecule is CN1CC=NC1C1CCN(c2ccc(N)cc2)C1. The van der Waals surface area contributed by atoms with E-state index in [0.717, 1.165) is 25.3 Å². The largest absolute Gasteiger partial charge is 0.399 e. The van der Waals surface area contributed by atoms with Crippen LogP contribution in [0.3, 0.4) is 0 Å². The van der Waals surface area contributed by atoms with Gasteiger partial charge in [0.05, 0.1) is 0 Å². The minimum Gasteiger partial charge on any atom is -0.399 e. The number of benzene rings is 1. The molecular weight excluding hydrogens is 224 g/mol. The van der Waals surface area contributed by atoms with Gasteiger partial charge >= 0.3 is 0 Å². The summed E-state index contributed by atoms with van der Waals surface area (Å²) in [6, 6.07) is 8.17. The van der Waals surface area contributed by atoms with Gasteiger partial charge in [0.1, 0.15) is 6.17 Å². The topological polar surface area (TPSA) is 44.9 Å². The van der Waals surface area contributed by atoms with Crippen LogP contribution in [-0.4, -0.2) is 44.0 Å². The van der Waals surface area contributed by atoms with Gasteiger partial charge in [-0.05, 0) is 37.7 Å². The highest BCUT2D eigenvalue weighted by atomic mass is 15.3. The summed E-state index contributed by atoms with van der Waals surface area (Å²) in [4.78, 5) is 9.36. The number of nitrogen functional groups attached to an aromatic ring is 1. The van der Waals surface area contributed by atoms with Crippen LogP contribution < -0.4 is 10.6 Å². The van der Waals surface area contributed by atoms with Gasteiger partial charge in [-0.25, -0.2) is 0 Å². The molecular formula is C14H20N4. The van der Waals surface area contributed by atoms with Crippen LogP contribution in [0.2, 0.25) is 0 Å². The first-order chi connectivity index (χ1) is 8.74. The maximum Gasteiger partial charge on any atom is 0.106 e. The number of aliphatic imine (C=N–C) groups is 1. The molecule has 2 heterocycles. The molecule has 1 saturated heterocycles. The minimum atomic E-state index is 0.379. The molecule has 4 nitrogen and oxygen atoms in total. The first-order valence-electron chi connectivity index (χ1n) is 6.56. The zero-order chi connectivity index (χ0) is 12.5. The van der Waals surface area contributed by atoms with Crippen LogP contribution in [0.1, 0.15) is 6.42 Å². The highest BCUT2D eigenvalue weighted by Crippen LogP contribution is 2.29. The van der Waals surface area contributed by atoms with Gasteiger partial charge in [-0.1, -0.05) is 0 Å². The molecule has 1 aromatic rings. The van der Waals surface area contributed by atoms with E-state index in [4.69, 9.17) is 5.73 Å². The highest BCUT2D eigenvalue weighted by molar-refractivity contribution is 5.62. The van der Waals surface area contributed by atoms with Crippen molar-refractivity contribution in [2.24, 2.45) is 10.9 Å². The van der Waals surface area contributed by atoms with Gasteiger partial charge in [0, 0.05) is 43.1 Å². The Morgan fingerprint density at radius 3 is 2.72 bits per heavy atom. The standard InChI is InChI=1S/C14H20N4/c1-17-9-7-16-14(17)11-6-8-18(10-11)13-4-2-12(15)3-5-13/h2-5,7,11,14H,6,8-10,15H2,1H3. The molecule has 1 aromatic carbocycles. The Bertz CT molecular complexity index is 440. The third-order valence-electron chi connectivity index (χ3n) is 3.98. The van der Waals surface area contributed by atoms with E-state index in [1.807, 2.05) is 18.3 Å². The quantitative estimate of drug-likeness (QED) is 0.801. The van der Waals surface area contributed by atoms with E-state index in [0.29, 0.717) is 12.1 Å². The fourth-order valence-electron chi connectivity index (χ4n) is 2.94. The number of nitrogens with two attached hydrogens (primary N) is 1. The predicted molar refractivity (Wildman–Crippen MR) is 76.1 cm³/mol. The summed E-state index contributed by atoms with van der Waals surface area (Å²) < 4.78 is 0. The van der Waals surface area contributed by atoms with Crippen LogP contribution >= 0.6 is 0 Å². The summed E-state index contributed by atoms with van der Waals surface area (Å²) in [6.07, 6.45) is 3.64. The first kappa shape index (κ1) is 11.5. The lowest BCUT2D eigenvalue weighted by molar-refractivity contribution is 0.234. The van der Waals surface area contributed by atoms with Crippen molar-refractivity contribution in [3.8, 4) is 0 Å². The Balaban J connectivity index is 1.68. The molecule has 2 atom stereocenters. The number of nitrogens with zero attached hydrogens (tertiary/aromatic N) is 3. The zero-order valence-electron chi connectivity index (χ0n) is 10.8. The third-order valence-corrected chi connectivity index (χ3v) is 3.98. The molecule has 0 saturated carbocycles. The van der Waals surface area contributed by atoms with E-state index in [1.54, 1.807) is 0 Å². The van der Waals surface area contributed by atoms with Gasteiger partial charge in [-0.15, -0.1) is 0 Å². The smallest absolute Gasteiger partial charge is 0.106 e. The van der Waals surface area contributed by atoms with Crippen LogP contribution in [0.25, 0.3) is 0 Å². The molecule has 3 rings (SSSR count). The van der Waals surface area contributed by atoms with E-state index in [1.165, 1.54) is 12.1 Å². The summed E-state index contributed by atoms with van der Waals surface area (Å²) >= 11 is 0. The Morgan fingerprint density at radius 1 is 1.28 bits per heavy atom. The maximum absolute atomic E-state index is 5.73. The van der Waals surface area contributed by atoms with Crippen molar-refractivity contribution in [3.63, 3.8) is 0 Å². The van der Waals surface area contributed by atoms with Crippen molar-refractivity contribution in [3.05, 3.63) is 24.3 Å². The number of hydrogen-bond donors (Lipinski definition) is 1. The molecule has 2 aliphatic rings. The normalized spacial score (nSPS) is 28.2. The third kappa shape index (κ3) is 2.08. The predicted octanol–water partition coefficient (Wildman–Crippen LogP) is 1.44. The van der Waals surface area contributed by atoms with E-state index in [-0.39, 0.29) is 0 Å². The second-order valence-electron chi connectivity index (χ2n) is 5.27. The van der Waals surface area contributed by atoms with Gasteiger partial charge in [0.25, 0.3) is 0 Å². The lowest BCUT2D eigenvalue weighted by Gasteiger charge is -2.24. The van der Waals surface area contributed by atoms with E-state index in [2.05, 4.69) is 34.0 Å². The number of hydrogen-bond acceptors (Lipinski definition) is 4. The number of rotatable bonds is 2. The lowest BCUT2D eigenvalue weighted by Crippen LogP contribution is -2.34. The zero-order valence-corrected chi connectivity index (χ0v) is 10.8. The first-order valence-corrected chi connectivity index (χ1v) is 6.56. The Kier molecular flexibility index (Phi) is 2.96. The molecule has 4 heteroatoms. The van der Waals surface area contributed by atoms with Crippen molar-refractivity contribution < 1.29 is 0 Å². The van der Waals surface area contributed by atoms with Gasteiger partial charge in [-0.2, -0.15) is 0 Å². The fourth-order valence-corrected chi connectivity index (χ4v) is 2.94. The van der Waals surface area contributed by atoms with Crippen LogP contribution in [0.4, 0.5) is 11.4 Å². The molecule has 0 bridgehead atoms. The van der Waals surface area contributed by atoms with Crippen molar-refractivity contribution in [2.75, 3.05) is 37.3 Å². The average Bonchev–Trinajstić information content (AvgIpc) is 2.98. The van der Waals surface area contributed by atoms with Crippen LogP contribution in [0, 0.1) is 5.92 Å². The molecule has 0 radical (unpaired) electrons. The van der Waals surface area contributed by atoms with E-state index < -0.39 is 0 Å². The van der Waals surface area contributed by atoms with Crippen LogP contribution in [0.15, 0.2) is 29.3 Å². The summed E-state index contributed by atoms with van der Waals surface area (Å²) in [7, 11) is 2.16. The van der Waals surface area contributed by atoms with Crippen molar-refractivity contribution in [1.29, 1.82) is 0 Å². The lowest BCUT2D eigenvalue weighted by atomic mass is 10.1. The van der Waals surface area contributed by atoms with Gasteiger partial charge in [-0.3, -0.25) is 9.89 Å². The van der Waals surface area contributed by atoms with E-state index in [9.17, 15) is 0 Å². The molecule has 2 unspecified atom stereocenters. The van der Waals surface area contributed by atoms with Crippen molar-refractivity contribution >= 4 is 17.6 Å². The molecule has 0 aromatic heterocycles. The molecule has 2 N–H and O–H groups in total. The average molecular weight is 244 g/mol. The van der Waals surface area contributed by atoms with Gasteiger partial charge in [0.15, 0.2) is 0 Å².